The smallest absolute Gasteiger partial charge is 0.252 e. The summed E-state index contributed by atoms with van der Waals surface area (Å²) in [5.41, 5.74) is 3.86. The van der Waals surface area contributed by atoms with Crippen LogP contribution in [0, 0.1) is 13.8 Å². The molecule has 2 aliphatic rings. The van der Waals surface area contributed by atoms with Gasteiger partial charge >= 0.3 is 0 Å². The summed E-state index contributed by atoms with van der Waals surface area (Å²) in [5, 5.41) is 13.6. The number of benzene rings is 1. The predicted molar refractivity (Wildman–Crippen MR) is 132 cm³/mol. The fraction of sp³-hybridized carbons (Fsp3) is 0.600. The molecule has 3 aromatic rings. The molecule has 10 nitrogen and oxygen atoms in total. The lowest BCUT2D eigenvalue weighted by atomic mass is 10.0. The highest BCUT2D eigenvalue weighted by molar-refractivity contribution is 5.85. The van der Waals surface area contributed by atoms with Crippen molar-refractivity contribution < 1.29 is 9.47 Å². The summed E-state index contributed by atoms with van der Waals surface area (Å²) < 4.78 is 13.2. The van der Waals surface area contributed by atoms with E-state index in [1.165, 1.54) is 0 Å². The van der Waals surface area contributed by atoms with E-state index in [4.69, 9.17) is 9.47 Å². The average Bonchev–Trinajstić information content (AvgIpc) is 3.54. The molecule has 5 rings (SSSR count). The number of morpholine rings is 1. The third-order valence-corrected chi connectivity index (χ3v) is 7.12. The Morgan fingerprint density at radius 3 is 2.77 bits per heavy atom. The molecule has 2 aliphatic heterocycles. The van der Waals surface area contributed by atoms with E-state index in [2.05, 4.69) is 49.4 Å². The first-order valence-electron chi connectivity index (χ1n) is 12.6. The number of aryl methyl sites for hydroxylation is 2. The van der Waals surface area contributed by atoms with Gasteiger partial charge < -0.3 is 14.5 Å². The van der Waals surface area contributed by atoms with Crippen molar-refractivity contribution in [2.24, 2.45) is 0 Å². The molecule has 1 atom stereocenters. The first-order chi connectivity index (χ1) is 17.1. The summed E-state index contributed by atoms with van der Waals surface area (Å²) in [7, 11) is 0. The maximum Gasteiger partial charge on any atom is 0.252 e. The van der Waals surface area contributed by atoms with Crippen molar-refractivity contribution in [3.05, 3.63) is 51.1 Å². The minimum atomic E-state index is -0.0403. The predicted octanol–water partition coefficient (Wildman–Crippen LogP) is 1.64. The number of nitrogens with zero attached hydrogens (tertiary/aromatic N) is 6. The van der Waals surface area contributed by atoms with Crippen molar-refractivity contribution in [1.82, 2.24) is 35.0 Å². The molecule has 0 aliphatic carbocycles. The van der Waals surface area contributed by atoms with Gasteiger partial charge in [0, 0.05) is 50.3 Å². The molecule has 10 heteroatoms. The van der Waals surface area contributed by atoms with Gasteiger partial charge in [0.2, 0.25) is 0 Å². The van der Waals surface area contributed by atoms with Crippen molar-refractivity contribution >= 4 is 10.9 Å². The average molecular weight is 482 g/mol. The zero-order valence-corrected chi connectivity index (χ0v) is 20.7. The third kappa shape index (κ3) is 5.78. The number of ether oxygens (including phenoxy) is 2. The summed E-state index contributed by atoms with van der Waals surface area (Å²) in [6.07, 6.45) is 2.27. The Balaban J connectivity index is 1.37. The first kappa shape index (κ1) is 24.1. The van der Waals surface area contributed by atoms with Crippen molar-refractivity contribution in [2.75, 3.05) is 46.0 Å². The lowest BCUT2D eigenvalue weighted by Crippen LogP contribution is -2.41. The largest absolute Gasteiger partial charge is 0.379 e. The van der Waals surface area contributed by atoms with Crippen LogP contribution in [0.15, 0.2) is 23.0 Å². The van der Waals surface area contributed by atoms with E-state index < -0.39 is 0 Å². The maximum atomic E-state index is 13.1. The molecular weight excluding hydrogens is 446 g/mol. The van der Waals surface area contributed by atoms with Crippen LogP contribution in [0.3, 0.4) is 0 Å². The number of fused-ring (bicyclic) bond motifs is 1. The number of pyridine rings is 1. The normalized spacial score (nSPS) is 19.2. The molecule has 0 spiro atoms. The molecule has 1 aromatic carbocycles. The minimum absolute atomic E-state index is 0.0403. The van der Waals surface area contributed by atoms with Gasteiger partial charge in [0.1, 0.15) is 0 Å². The van der Waals surface area contributed by atoms with Gasteiger partial charge in [-0.3, -0.25) is 14.6 Å². The van der Waals surface area contributed by atoms with Gasteiger partial charge in [-0.1, -0.05) is 12.1 Å². The van der Waals surface area contributed by atoms with Crippen molar-refractivity contribution in [3.63, 3.8) is 0 Å². The fourth-order valence-corrected chi connectivity index (χ4v) is 4.96. The van der Waals surface area contributed by atoms with Gasteiger partial charge in [0.15, 0.2) is 5.82 Å². The fourth-order valence-electron chi connectivity index (χ4n) is 4.96. The van der Waals surface area contributed by atoms with E-state index in [0.29, 0.717) is 19.6 Å². The second kappa shape index (κ2) is 10.9. The second-order valence-electron chi connectivity index (χ2n) is 9.69. The Morgan fingerprint density at radius 2 is 1.97 bits per heavy atom. The number of H-pyrrole nitrogens is 1. The number of tetrazole rings is 1. The van der Waals surface area contributed by atoms with E-state index in [9.17, 15) is 4.79 Å². The van der Waals surface area contributed by atoms with Crippen LogP contribution in [-0.2, 0) is 29.1 Å². The van der Waals surface area contributed by atoms with Crippen LogP contribution < -0.4 is 5.56 Å². The van der Waals surface area contributed by atoms with Gasteiger partial charge in [-0.25, -0.2) is 4.68 Å². The maximum absolute atomic E-state index is 13.1. The van der Waals surface area contributed by atoms with Crippen molar-refractivity contribution in [3.8, 4) is 0 Å². The zero-order valence-electron chi connectivity index (χ0n) is 20.7. The lowest BCUT2D eigenvalue weighted by Gasteiger charge is -2.30. The molecule has 0 unspecified atom stereocenters. The van der Waals surface area contributed by atoms with Crippen LogP contribution in [0.25, 0.3) is 10.9 Å². The zero-order chi connectivity index (χ0) is 24.2. The van der Waals surface area contributed by atoms with Crippen LogP contribution in [0.5, 0.6) is 0 Å². The van der Waals surface area contributed by atoms with Gasteiger partial charge in [-0.05, 0) is 54.3 Å². The summed E-state index contributed by atoms with van der Waals surface area (Å²) in [4.78, 5) is 20.9. The van der Waals surface area contributed by atoms with E-state index in [1.54, 1.807) is 0 Å². The molecule has 0 radical (unpaired) electrons. The summed E-state index contributed by atoms with van der Waals surface area (Å²) in [6.45, 7) is 11.8. The highest BCUT2D eigenvalue weighted by atomic mass is 16.5. The van der Waals surface area contributed by atoms with Crippen LogP contribution >= 0.6 is 0 Å². The van der Waals surface area contributed by atoms with Crippen LogP contribution in [-0.4, -0.2) is 87.1 Å². The summed E-state index contributed by atoms with van der Waals surface area (Å²) in [6, 6.07) is 6.21. The molecule has 0 bridgehead atoms. The molecule has 2 fully saturated rings. The van der Waals surface area contributed by atoms with Gasteiger partial charge in [-0.15, -0.1) is 5.10 Å². The Hall–Kier alpha value is -2.66. The Labute approximate surface area is 205 Å². The molecule has 0 amide bonds. The van der Waals surface area contributed by atoms with Crippen LogP contribution in [0.2, 0.25) is 0 Å². The van der Waals surface area contributed by atoms with Gasteiger partial charge in [0.25, 0.3) is 5.56 Å². The molecule has 2 aromatic heterocycles. The number of hydrogen-bond donors (Lipinski definition) is 1. The Morgan fingerprint density at radius 1 is 1.14 bits per heavy atom. The van der Waals surface area contributed by atoms with E-state index >= 15 is 0 Å². The SMILES string of the molecule is Cc1ccc(C)c2[nH]c(=O)c(CN(CCN3CCOCC3)Cc3nnnn3C[C@@H]3CCCO3)cc12. The molecule has 4 heterocycles. The number of rotatable bonds is 9. The number of aromatic nitrogens is 5. The third-order valence-electron chi connectivity index (χ3n) is 7.12. The Bertz CT molecular complexity index is 1200. The minimum Gasteiger partial charge on any atom is -0.379 e. The Kier molecular flexibility index (Phi) is 7.52. The lowest BCUT2D eigenvalue weighted by molar-refractivity contribution is 0.0321. The monoisotopic (exact) mass is 481 g/mol. The van der Waals surface area contributed by atoms with Gasteiger partial charge in [0.05, 0.1) is 37.9 Å². The summed E-state index contributed by atoms with van der Waals surface area (Å²) in [5.74, 6) is 0.798. The molecule has 2 saturated heterocycles. The topological polar surface area (TPSA) is 101 Å². The standard InChI is InChI=1S/C25H35N7O3/c1-18-5-6-19(2)24-22(18)14-20(25(33)26-24)15-31(8-7-30-9-12-34-13-10-30)17-23-27-28-29-32(23)16-21-4-3-11-35-21/h5-6,14,21H,3-4,7-13,15-17H2,1-2H3,(H,26,33)/t21-/m0/s1. The molecule has 188 valence electrons. The van der Waals surface area contributed by atoms with Crippen LogP contribution in [0.1, 0.15) is 35.4 Å². The summed E-state index contributed by atoms with van der Waals surface area (Å²) >= 11 is 0. The number of nitrogens with one attached hydrogen (secondary N) is 1. The van der Waals surface area contributed by atoms with Gasteiger partial charge in [-0.2, -0.15) is 0 Å². The highest BCUT2D eigenvalue weighted by Gasteiger charge is 2.21. The van der Waals surface area contributed by atoms with Crippen molar-refractivity contribution in [2.45, 2.75) is 52.4 Å². The molecular formula is C25H35N7O3. The number of hydrogen-bond acceptors (Lipinski definition) is 8. The van der Waals surface area contributed by atoms with E-state index in [1.807, 2.05) is 17.7 Å². The van der Waals surface area contributed by atoms with Crippen molar-refractivity contribution in [1.29, 1.82) is 0 Å². The second-order valence-corrected chi connectivity index (χ2v) is 9.69. The number of aromatic amines is 1. The molecule has 1 N–H and O–H groups in total. The quantitative estimate of drug-likeness (QED) is 0.492. The van der Waals surface area contributed by atoms with Crippen LogP contribution in [0.4, 0.5) is 0 Å². The highest BCUT2D eigenvalue weighted by Crippen LogP contribution is 2.21. The van der Waals surface area contributed by atoms with E-state index in [0.717, 1.165) is 92.3 Å². The molecule has 0 saturated carbocycles. The first-order valence-corrected chi connectivity index (χ1v) is 12.6. The van der Waals surface area contributed by atoms with E-state index in [-0.39, 0.29) is 11.7 Å². The molecule has 35 heavy (non-hydrogen) atoms.